The maximum absolute atomic E-state index is 5.76. The molecular formula is C19H31NO. The van der Waals surface area contributed by atoms with E-state index >= 15 is 0 Å². The van der Waals surface area contributed by atoms with Crippen molar-refractivity contribution in [2.24, 2.45) is 5.92 Å². The Morgan fingerprint density at radius 1 is 1.14 bits per heavy atom. The molecule has 2 nitrogen and oxygen atoms in total. The Morgan fingerprint density at radius 2 is 1.86 bits per heavy atom. The molecule has 1 aliphatic rings. The highest BCUT2D eigenvalue weighted by Crippen LogP contribution is 2.30. The average molecular weight is 289 g/mol. The maximum atomic E-state index is 5.76. The second kappa shape index (κ2) is 8.43. The summed E-state index contributed by atoms with van der Waals surface area (Å²) in [7, 11) is 0. The normalized spacial score (nSPS) is 23.8. The molecule has 0 amide bonds. The zero-order valence-electron chi connectivity index (χ0n) is 13.9. The standard InChI is InChI=1S/C19H31NO/c1-4-8-16-11-13-17(14-12-16)20-15(3)18-9-6-7-10-19(18)21-5-2/h6-7,9-10,15-17,20H,4-5,8,11-14H2,1-3H3. The summed E-state index contributed by atoms with van der Waals surface area (Å²) in [6.45, 7) is 7.34. The quantitative estimate of drug-likeness (QED) is 0.754. The van der Waals surface area contributed by atoms with Gasteiger partial charge < -0.3 is 10.1 Å². The molecule has 0 bridgehead atoms. The number of hydrogen-bond acceptors (Lipinski definition) is 2. The molecule has 1 unspecified atom stereocenters. The summed E-state index contributed by atoms with van der Waals surface area (Å²) in [6.07, 6.45) is 8.19. The van der Waals surface area contributed by atoms with Crippen LogP contribution in [0, 0.1) is 5.92 Å². The van der Waals surface area contributed by atoms with Crippen LogP contribution < -0.4 is 10.1 Å². The summed E-state index contributed by atoms with van der Waals surface area (Å²) >= 11 is 0. The molecule has 1 fully saturated rings. The summed E-state index contributed by atoms with van der Waals surface area (Å²) in [5.74, 6) is 2.00. The molecule has 0 spiro atoms. The highest BCUT2D eigenvalue weighted by atomic mass is 16.5. The molecule has 1 atom stereocenters. The molecule has 0 heterocycles. The van der Waals surface area contributed by atoms with Gasteiger partial charge in [-0.05, 0) is 51.5 Å². The predicted molar refractivity (Wildman–Crippen MR) is 89.8 cm³/mol. The molecule has 21 heavy (non-hydrogen) atoms. The van der Waals surface area contributed by atoms with Crippen LogP contribution in [-0.4, -0.2) is 12.6 Å². The van der Waals surface area contributed by atoms with Crippen molar-refractivity contribution in [3.8, 4) is 5.75 Å². The summed E-state index contributed by atoms with van der Waals surface area (Å²) in [5.41, 5.74) is 1.29. The van der Waals surface area contributed by atoms with Gasteiger partial charge in [-0.3, -0.25) is 0 Å². The first-order valence-corrected chi connectivity index (χ1v) is 8.72. The highest BCUT2D eigenvalue weighted by molar-refractivity contribution is 5.35. The molecule has 0 aliphatic heterocycles. The van der Waals surface area contributed by atoms with Crippen molar-refractivity contribution >= 4 is 0 Å². The fourth-order valence-corrected chi connectivity index (χ4v) is 3.59. The Bertz CT molecular complexity index is 410. The Kier molecular flexibility index (Phi) is 6.56. The minimum atomic E-state index is 0.362. The van der Waals surface area contributed by atoms with Crippen LogP contribution in [0.2, 0.25) is 0 Å². The van der Waals surface area contributed by atoms with Crippen molar-refractivity contribution in [2.75, 3.05) is 6.61 Å². The van der Waals surface area contributed by atoms with Gasteiger partial charge >= 0.3 is 0 Å². The van der Waals surface area contributed by atoms with Gasteiger partial charge in [0.25, 0.3) is 0 Å². The van der Waals surface area contributed by atoms with Crippen LogP contribution in [0.1, 0.15) is 70.9 Å². The first kappa shape index (κ1) is 16.4. The van der Waals surface area contributed by atoms with E-state index in [2.05, 4.69) is 43.4 Å². The number of hydrogen-bond donors (Lipinski definition) is 1. The average Bonchev–Trinajstić information content (AvgIpc) is 2.50. The van der Waals surface area contributed by atoms with Crippen LogP contribution >= 0.6 is 0 Å². The van der Waals surface area contributed by atoms with Crippen molar-refractivity contribution in [3.63, 3.8) is 0 Å². The van der Waals surface area contributed by atoms with E-state index in [-0.39, 0.29) is 0 Å². The number of para-hydroxylation sites is 1. The third-order valence-corrected chi connectivity index (χ3v) is 4.71. The summed E-state index contributed by atoms with van der Waals surface area (Å²) in [6, 6.07) is 9.45. The zero-order chi connectivity index (χ0) is 15.1. The van der Waals surface area contributed by atoms with E-state index < -0.39 is 0 Å². The van der Waals surface area contributed by atoms with Gasteiger partial charge in [-0.1, -0.05) is 38.0 Å². The second-order valence-corrected chi connectivity index (χ2v) is 6.37. The first-order chi connectivity index (χ1) is 10.2. The first-order valence-electron chi connectivity index (χ1n) is 8.72. The van der Waals surface area contributed by atoms with Gasteiger partial charge in [-0.2, -0.15) is 0 Å². The second-order valence-electron chi connectivity index (χ2n) is 6.37. The topological polar surface area (TPSA) is 21.3 Å². The highest BCUT2D eigenvalue weighted by Gasteiger charge is 2.22. The lowest BCUT2D eigenvalue weighted by atomic mass is 9.83. The smallest absolute Gasteiger partial charge is 0.124 e. The van der Waals surface area contributed by atoms with Crippen molar-refractivity contribution in [1.29, 1.82) is 0 Å². The van der Waals surface area contributed by atoms with Crippen LogP contribution in [0.5, 0.6) is 5.75 Å². The number of ether oxygens (including phenoxy) is 1. The SMILES string of the molecule is CCCC1CCC(NC(C)c2ccccc2OCC)CC1. The van der Waals surface area contributed by atoms with Gasteiger partial charge in [0.1, 0.15) is 5.75 Å². The zero-order valence-corrected chi connectivity index (χ0v) is 13.9. The molecule has 0 aromatic heterocycles. The van der Waals surface area contributed by atoms with Crippen LogP contribution in [-0.2, 0) is 0 Å². The van der Waals surface area contributed by atoms with Crippen molar-refractivity contribution < 1.29 is 4.74 Å². The third-order valence-electron chi connectivity index (χ3n) is 4.71. The summed E-state index contributed by atoms with van der Waals surface area (Å²) < 4.78 is 5.76. The Labute approximate surface area is 130 Å². The molecule has 2 heteroatoms. The minimum absolute atomic E-state index is 0.362. The molecular weight excluding hydrogens is 258 g/mol. The Hall–Kier alpha value is -1.02. The lowest BCUT2D eigenvalue weighted by Crippen LogP contribution is -2.35. The Morgan fingerprint density at radius 3 is 2.52 bits per heavy atom. The molecule has 2 rings (SSSR count). The predicted octanol–water partition coefficient (Wildman–Crippen LogP) is 5.09. The van der Waals surface area contributed by atoms with Gasteiger partial charge in [0.05, 0.1) is 6.61 Å². The van der Waals surface area contributed by atoms with Gasteiger partial charge in [-0.25, -0.2) is 0 Å². The van der Waals surface area contributed by atoms with Gasteiger partial charge in [0.2, 0.25) is 0 Å². The summed E-state index contributed by atoms with van der Waals surface area (Å²) in [4.78, 5) is 0. The molecule has 1 aromatic carbocycles. The van der Waals surface area contributed by atoms with Crippen LogP contribution in [0.4, 0.5) is 0 Å². The van der Waals surface area contributed by atoms with E-state index in [0.717, 1.165) is 18.3 Å². The number of benzene rings is 1. The van der Waals surface area contributed by atoms with E-state index in [1.54, 1.807) is 0 Å². The van der Waals surface area contributed by atoms with E-state index in [1.807, 2.05) is 6.92 Å². The molecule has 1 aromatic rings. The Balaban J connectivity index is 1.89. The molecule has 1 aliphatic carbocycles. The monoisotopic (exact) mass is 289 g/mol. The summed E-state index contributed by atoms with van der Waals surface area (Å²) in [5, 5.41) is 3.82. The fourth-order valence-electron chi connectivity index (χ4n) is 3.59. The lowest BCUT2D eigenvalue weighted by Gasteiger charge is -2.31. The molecule has 0 radical (unpaired) electrons. The van der Waals surface area contributed by atoms with E-state index in [1.165, 1.54) is 44.1 Å². The van der Waals surface area contributed by atoms with Crippen LogP contribution in [0.3, 0.4) is 0 Å². The van der Waals surface area contributed by atoms with E-state index in [9.17, 15) is 0 Å². The molecule has 118 valence electrons. The van der Waals surface area contributed by atoms with E-state index in [4.69, 9.17) is 4.74 Å². The molecule has 0 saturated heterocycles. The van der Waals surface area contributed by atoms with E-state index in [0.29, 0.717) is 12.1 Å². The minimum Gasteiger partial charge on any atom is -0.494 e. The van der Waals surface area contributed by atoms with Crippen LogP contribution in [0.15, 0.2) is 24.3 Å². The van der Waals surface area contributed by atoms with Crippen molar-refractivity contribution in [1.82, 2.24) is 5.32 Å². The maximum Gasteiger partial charge on any atom is 0.124 e. The van der Waals surface area contributed by atoms with Crippen molar-refractivity contribution in [3.05, 3.63) is 29.8 Å². The number of rotatable bonds is 7. The van der Waals surface area contributed by atoms with Gasteiger partial charge in [-0.15, -0.1) is 0 Å². The fraction of sp³-hybridized carbons (Fsp3) is 0.684. The van der Waals surface area contributed by atoms with Gasteiger partial charge in [0.15, 0.2) is 0 Å². The largest absolute Gasteiger partial charge is 0.494 e. The molecule has 1 saturated carbocycles. The van der Waals surface area contributed by atoms with Crippen LogP contribution in [0.25, 0.3) is 0 Å². The lowest BCUT2D eigenvalue weighted by molar-refractivity contribution is 0.263. The molecule has 1 N–H and O–H groups in total. The van der Waals surface area contributed by atoms with Gasteiger partial charge in [0, 0.05) is 17.6 Å². The van der Waals surface area contributed by atoms with Crippen molar-refractivity contribution in [2.45, 2.75) is 71.4 Å². The third kappa shape index (κ3) is 4.74. The number of nitrogens with one attached hydrogen (secondary N) is 1.